The number of rotatable bonds is 1. The summed E-state index contributed by atoms with van der Waals surface area (Å²) in [5.41, 5.74) is 1.92. The maximum atomic E-state index is 11.0. The predicted molar refractivity (Wildman–Crippen MR) is 67.9 cm³/mol. The molecule has 0 unspecified atom stereocenters. The van der Waals surface area contributed by atoms with Crippen LogP contribution in [-0.2, 0) is 0 Å². The Morgan fingerprint density at radius 3 is 2.61 bits per heavy atom. The Morgan fingerprint density at radius 1 is 1.28 bits per heavy atom. The second-order valence-electron chi connectivity index (χ2n) is 4.07. The number of aldehydes is 1. The number of hydrogen-bond donors (Lipinski definition) is 0. The lowest BCUT2D eigenvalue weighted by Gasteiger charge is -2.19. The minimum Gasteiger partial charge on any atom is -0.486 e. The summed E-state index contributed by atoms with van der Waals surface area (Å²) in [6.45, 7) is 2.90. The molecule has 1 aliphatic heterocycles. The van der Waals surface area contributed by atoms with Crippen molar-refractivity contribution in [3.8, 4) is 11.5 Å². The molecular weight excluding hydrogens is 254 g/mol. The van der Waals surface area contributed by atoms with Crippen LogP contribution in [0.15, 0.2) is 12.1 Å². The van der Waals surface area contributed by atoms with E-state index in [4.69, 9.17) is 21.1 Å². The number of nitrogens with zero attached hydrogens (tertiary/aromatic N) is 1. The minimum atomic E-state index is 0.215. The molecule has 1 aliphatic rings. The standard InChI is InChI=1S/C13H10ClNO3/c1-7-8-4-11-12(18-3-2-17-11)5-10(8)15-13(14)9(7)6-16/h4-6H,2-3H2,1H3. The molecule has 0 saturated heterocycles. The molecule has 18 heavy (non-hydrogen) atoms. The second-order valence-corrected chi connectivity index (χ2v) is 4.43. The smallest absolute Gasteiger partial charge is 0.163 e. The van der Waals surface area contributed by atoms with Gasteiger partial charge in [0, 0.05) is 11.5 Å². The van der Waals surface area contributed by atoms with Crippen molar-refractivity contribution in [3.63, 3.8) is 0 Å². The number of fused-ring (bicyclic) bond motifs is 2. The average molecular weight is 264 g/mol. The Morgan fingerprint density at radius 2 is 1.94 bits per heavy atom. The number of aromatic nitrogens is 1. The van der Waals surface area contributed by atoms with Crippen molar-refractivity contribution in [1.82, 2.24) is 4.98 Å². The number of benzene rings is 1. The van der Waals surface area contributed by atoms with Gasteiger partial charge in [-0.25, -0.2) is 4.98 Å². The van der Waals surface area contributed by atoms with E-state index in [1.165, 1.54) is 0 Å². The van der Waals surface area contributed by atoms with Crippen LogP contribution in [0, 0.1) is 6.92 Å². The molecule has 2 aromatic rings. The molecule has 2 heterocycles. The van der Waals surface area contributed by atoms with E-state index in [1.54, 1.807) is 6.07 Å². The number of carbonyl (C=O) groups excluding carboxylic acids is 1. The zero-order chi connectivity index (χ0) is 12.7. The lowest BCUT2D eigenvalue weighted by molar-refractivity contribution is 0.112. The molecule has 1 aromatic heterocycles. The molecule has 0 atom stereocenters. The number of aryl methyl sites for hydroxylation is 1. The van der Waals surface area contributed by atoms with Crippen LogP contribution in [0.4, 0.5) is 0 Å². The van der Waals surface area contributed by atoms with E-state index in [2.05, 4.69) is 4.98 Å². The van der Waals surface area contributed by atoms with Crippen molar-refractivity contribution in [2.45, 2.75) is 6.92 Å². The molecule has 4 nitrogen and oxygen atoms in total. The van der Waals surface area contributed by atoms with E-state index in [-0.39, 0.29) is 5.15 Å². The fourth-order valence-electron chi connectivity index (χ4n) is 2.07. The van der Waals surface area contributed by atoms with Crippen LogP contribution in [0.3, 0.4) is 0 Å². The van der Waals surface area contributed by atoms with Gasteiger partial charge in [0.25, 0.3) is 0 Å². The van der Waals surface area contributed by atoms with Crippen molar-refractivity contribution in [2.75, 3.05) is 13.2 Å². The number of pyridine rings is 1. The fourth-order valence-corrected chi connectivity index (χ4v) is 2.35. The molecule has 0 amide bonds. The van der Waals surface area contributed by atoms with Crippen LogP contribution in [0.1, 0.15) is 15.9 Å². The third-order valence-electron chi connectivity index (χ3n) is 3.03. The zero-order valence-corrected chi connectivity index (χ0v) is 10.5. The quantitative estimate of drug-likeness (QED) is 0.586. The molecule has 0 bridgehead atoms. The highest BCUT2D eigenvalue weighted by Crippen LogP contribution is 2.36. The first-order valence-corrected chi connectivity index (χ1v) is 5.93. The van der Waals surface area contributed by atoms with Gasteiger partial charge in [0.1, 0.15) is 18.4 Å². The SMILES string of the molecule is Cc1c(C=O)c(Cl)nc2cc3c(cc12)OCCO3. The maximum absolute atomic E-state index is 11.0. The molecule has 3 rings (SSSR count). The van der Waals surface area contributed by atoms with Gasteiger partial charge in [-0.15, -0.1) is 0 Å². The van der Waals surface area contributed by atoms with Gasteiger partial charge in [-0.05, 0) is 18.6 Å². The van der Waals surface area contributed by atoms with Crippen molar-refractivity contribution in [3.05, 3.63) is 28.4 Å². The summed E-state index contributed by atoms with van der Waals surface area (Å²) in [5, 5.41) is 1.07. The Labute approximate surface area is 108 Å². The lowest BCUT2D eigenvalue weighted by Crippen LogP contribution is -2.15. The zero-order valence-electron chi connectivity index (χ0n) is 9.70. The normalized spacial score (nSPS) is 13.7. The first-order chi connectivity index (χ1) is 8.70. The number of ether oxygens (including phenoxy) is 2. The van der Waals surface area contributed by atoms with Gasteiger partial charge in [-0.3, -0.25) is 4.79 Å². The summed E-state index contributed by atoms with van der Waals surface area (Å²) in [4.78, 5) is 15.2. The lowest BCUT2D eigenvalue weighted by atomic mass is 10.0. The van der Waals surface area contributed by atoms with E-state index >= 15 is 0 Å². The Balaban J connectivity index is 2.34. The molecular formula is C13H10ClNO3. The van der Waals surface area contributed by atoms with Crippen molar-refractivity contribution in [1.29, 1.82) is 0 Å². The summed E-state index contributed by atoms with van der Waals surface area (Å²) in [6.07, 6.45) is 0.723. The summed E-state index contributed by atoms with van der Waals surface area (Å²) in [6, 6.07) is 3.63. The highest BCUT2D eigenvalue weighted by Gasteiger charge is 2.16. The Hall–Kier alpha value is -1.81. The van der Waals surface area contributed by atoms with Crippen LogP contribution in [0.2, 0.25) is 5.15 Å². The van der Waals surface area contributed by atoms with Crippen LogP contribution < -0.4 is 9.47 Å². The summed E-state index contributed by atoms with van der Waals surface area (Å²) in [5.74, 6) is 1.34. The topological polar surface area (TPSA) is 48.4 Å². The van der Waals surface area contributed by atoms with Gasteiger partial charge in [-0.1, -0.05) is 11.6 Å². The van der Waals surface area contributed by atoms with Gasteiger partial charge < -0.3 is 9.47 Å². The third-order valence-corrected chi connectivity index (χ3v) is 3.32. The molecule has 0 aliphatic carbocycles. The van der Waals surface area contributed by atoms with Crippen LogP contribution in [0.25, 0.3) is 10.9 Å². The highest BCUT2D eigenvalue weighted by molar-refractivity contribution is 6.32. The van der Waals surface area contributed by atoms with E-state index in [0.717, 1.165) is 17.2 Å². The average Bonchev–Trinajstić information content (AvgIpc) is 2.37. The fraction of sp³-hybridized carbons (Fsp3) is 0.231. The first kappa shape index (κ1) is 11.3. The second kappa shape index (κ2) is 4.14. The minimum absolute atomic E-state index is 0.215. The van der Waals surface area contributed by atoms with Gasteiger partial charge in [0.15, 0.2) is 17.8 Å². The monoisotopic (exact) mass is 263 g/mol. The van der Waals surface area contributed by atoms with Crippen LogP contribution in [-0.4, -0.2) is 24.5 Å². The first-order valence-electron chi connectivity index (χ1n) is 5.55. The molecule has 0 radical (unpaired) electrons. The molecule has 0 saturated carbocycles. The third kappa shape index (κ3) is 1.61. The van der Waals surface area contributed by atoms with E-state index in [0.29, 0.717) is 35.8 Å². The highest BCUT2D eigenvalue weighted by atomic mass is 35.5. The van der Waals surface area contributed by atoms with Crippen molar-refractivity contribution in [2.24, 2.45) is 0 Å². The predicted octanol–water partition coefficient (Wildman–Crippen LogP) is 2.78. The largest absolute Gasteiger partial charge is 0.486 e. The molecule has 0 N–H and O–H groups in total. The number of hydrogen-bond acceptors (Lipinski definition) is 4. The molecule has 1 aromatic carbocycles. The number of carbonyl (C=O) groups is 1. The molecule has 5 heteroatoms. The van der Waals surface area contributed by atoms with Gasteiger partial charge in [0.05, 0.1) is 11.1 Å². The Bertz CT molecular complexity index is 654. The van der Waals surface area contributed by atoms with E-state index in [1.807, 2.05) is 13.0 Å². The van der Waals surface area contributed by atoms with Gasteiger partial charge in [-0.2, -0.15) is 0 Å². The van der Waals surface area contributed by atoms with Crippen molar-refractivity contribution >= 4 is 28.8 Å². The summed E-state index contributed by atoms with van der Waals surface area (Å²) >= 11 is 5.98. The van der Waals surface area contributed by atoms with Crippen LogP contribution in [0.5, 0.6) is 11.5 Å². The van der Waals surface area contributed by atoms with E-state index < -0.39 is 0 Å². The van der Waals surface area contributed by atoms with E-state index in [9.17, 15) is 4.79 Å². The molecule has 0 spiro atoms. The van der Waals surface area contributed by atoms with Gasteiger partial charge >= 0.3 is 0 Å². The summed E-state index contributed by atoms with van der Waals surface area (Å²) in [7, 11) is 0. The molecule has 0 fully saturated rings. The molecule has 92 valence electrons. The van der Waals surface area contributed by atoms with Crippen LogP contribution >= 0.6 is 11.6 Å². The Kier molecular flexibility index (Phi) is 2.59. The maximum Gasteiger partial charge on any atom is 0.163 e. The summed E-state index contributed by atoms with van der Waals surface area (Å²) < 4.78 is 11.0. The number of halogens is 1. The van der Waals surface area contributed by atoms with Crippen molar-refractivity contribution < 1.29 is 14.3 Å². The van der Waals surface area contributed by atoms with Gasteiger partial charge in [0.2, 0.25) is 0 Å².